The standard InChI is InChI=1S/C17H26N4O2/c1-12(22)20(5)14-8-9-21(11-14)16(23)13-6-7-15(18-10-13)19-17(2,3)4/h6-7,10,14H,8-9,11H2,1-5H3,(H,18,19)/t14-/m0/s1. The minimum Gasteiger partial charge on any atom is -0.365 e. The third-order valence-electron chi connectivity index (χ3n) is 4.01. The summed E-state index contributed by atoms with van der Waals surface area (Å²) in [6.45, 7) is 8.98. The maximum Gasteiger partial charge on any atom is 0.255 e. The molecule has 1 aliphatic heterocycles. The fraction of sp³-hybridized carbons (Fsp3) is 0.588. The minimum absolute atomic E-state index is 0.0285. The van der Waals surface area contributed by atoms with Gasteiger partial charge in [-0.3, -0.25) is 9.59 Å². The van der Waals surface area contributed by atoms with Crippen LogP contribution in [0.4, 0.5) is 5.82 Å². The number of hydrogen-bond donors (Lipinski definition) is 1. The highest BCUT2D eigenvalue weighted by Gasteiger charge is 2.30. The first kappa shape index (κ1) is 17.2. The van der Waals surface area contributed by atoms with Crippen molar-refractivity contribution in [2.45, 2.75) is 45.7 Å². The molecule has 1 aliphatic rings. The van der Waals surface area contributed by atoms with Crippen molar-refractivity contribution in [3.63, 3.8) is 0 Å². The third-order valence-corrected chi connectivity index (χ3v) is 4.01. The Hall–Kier alpha value is -2.11. The molecule has 6 nitrogen and oxygen atoms in total. The molecule has 0 bridgehead atoms. The van der Waals surface area contributed by atoms with Crippen molar-refractivity contribution in [1.29, 1.82) is 0 Å². The fourth-order valence-corrected chi connectivity index (χ4v) is 2.66. The Morgan fingerprint density at radius 2 is 2.04 bits per heavy atom. The van der Waals surface area contributed by atoms with Gasteiger partial charge in [0.1, 0.15) is 5.82 Å². The summed E-state index contributed by atoms with van der Waals surface area (Å²) in [4.78, 5) is 31.8. The second-order valence-corrected chi connectivity index (χ2v) is 7.13. The number of pyridine rings is 1. The Labute approximate surface area is 137 Å². The number of anilines is 1. The molecule has 1 N–H and O–H groups in total. The Balaban J connectivity index is 2.00. The van der Waals surface area contributed by atoms with E-state index in [9.17, 15) is 9.59 Å². The quantitative estimate of drug-likeness (QED) is 0.925. The highest BCUT2D eigenvalue weighted by molar-refractivity contribution is 5.94. The summed E-state index contributed by atoms with van der Waals surface area (Å²) >= 11 is 0. The molecule has 1 fully saturated rings. The van der Waals surface area contributed by atoms with Gasteiger partial charge in [-0.05, 0) is 39.3 Å². The van der Waals surface area contributed by atoms with Crippen LogP contribution in [0.5, 0.6) is 0 Å². The molecule has 126 valence electrons. The number of carbonyl (C=O) groups is 2. The summed E-state index contributed by atoms with van der Waals surface area (Å²) in [7, 11) is 1.79. The fourth-order valence-electron chi connectivity index (χ4n) is 2.66. The maximum atomic E-state index is 12.5. The van der Waals surface area contributed by atoms with Crippen LogP contribution < -0.4 is 5.32 Å². The first-order chi connectivity index (χ1) is 10.7. The largest absolute Gasteiger partial charge is 0.365 e. The summed E-state index contributed by atoms with van der Waals surface area (Å²) in [5.74, 6) is 0.757. The molecule has 23 heavy (non-hydrogen) atoms. The van der Waals surface area contributed by atoms with Crippen molar-refractivity contribution in [2.75, 3.05) is 25.5 Å². The molecule has 2 rings (SSSR count). The molecule has 2 heterocycles. The van der Waals surface area contributed by atoms with Crippen LogP contribution in [0.15, 0.2) is 18.3 Å². The maximum absolute atomic E-state index is 12.5. The van der Waals surface area contributed by atoms with Crippen molar-refractivity contribution >= 4 is 17.6 Å². The van der Waals surface area contributed by atoms with Gasteiger partial charge in [0.2, 0.25) is 5.91 Å². The molecule has 0 unspecified atom stereocenters. The zero-order valence-electron chi connectivity index (χ0n) is 14.6. The van der Waals surface area contributed by atoms with Crippen molar-refractivity contribution in [1.82, 2.24) is 14.8 Å². The molecule has 0 radical (unpaired) electrons. The Morgan fingerprint density at radius 3 is 2.57 bits per heavy atom. The van der Waals surface area contributed by atoms with Gasteiger partial charge < -0.3 is 15.1 Å². The first-order valence-electron chi connectivity index (χ1n) is 7.94. The van der Waals surface area contributed by atoms with Gasteiger partial charge in [0.25, 0.3) is 5.91 Å². The van der Waals surface area contributed by atoms with E-state index < -0.39 is 0 Å². The minimum atomic E-state index is -0.0715. The summed E-state index contributed by atoms with van der Waals surface area (Å²) in [6, 6.07) is 3.73. The number of aromatic nitrogens is 1. The van der Waals surface area contributed by atoms with Gasteiger partial charge in [0.15, 0.2) is 0 Å². The van der Waals surface area contributed by atoms with Crippen LogP contribution in [-0.2, 0) is 4.79 Å². The molecule has 1 aromatic rings. The number of rotatable bonds is 3. The number of nitrogens with one attached hydrogen (secondary N) is 1. The lowest BCUT2D eigenvalue weighted by molar-refractivity contribution is -0.129. The van der Waals surface area contributed by atoms with Crippen molar-refractivity contribution in [2.24, 2.45) is 0 Å². The van der Waals surface area contributed by atoms with E-state index in [0.717, 1.165) is 12.2 Å². The predicted molar refractivity (Wildman–Crippen MR) is 90.4 cm³/mol. The molecule has 0 spiro atoms. The number of likely N-dealkylation sites (tertiary alicyclic amines) is 1. The van der Waals surface area contributed by atoms with E-state index >= 15 is 0 Å². The lowest BCUT2D eigenvalue weighted by Crippen LogP contribution is -2.38. The van der Waals surface area contributed by atoms with E-state index in [1.165, 1.54) is 0 Å². The van der Waals surface area contributed by atoms with Crippen molar-refractivity contribution in [3.05, 3.63) is 23.9 Å². The van der Waals surface area contributed by atoms with Gasteiger partial charge in [0.05, 0.1) is 11.6 Å². The van der Waals surface area contributed by atoms with Crippen molar-refractivity contribution in [3.8, 4) is 0 Å². The zero-order valence-corrected chi connectivity index (χ0v) is 14.6. The van der Waals surface area contributed by atoms with Gasteiger partial charge >= 0.3 is 0 Å². The molecule has 6 heteroatoms. The Kier molecular flexibility index (Phi) is 4.92. The highest BCUT2D eigenvalue weighted by atomic mass is 16.2. The van der Waals surface area contributed by atoms with Crippen LogP contribution in [0, 0.1) is 0 Å². The van der Waals surface area contributed by atoms with Crippen LogP contribution in [-0.4, -0.2) is 58.3 Å². The summed E-state index contributed by atoms with van der Waals surface area (Å²) in [5, 5.41) is 3.27. The monoisotopic (exact) mass is 318 g/mol. The average molecular weight is 318 g/mol. The highest BCUT2D eigenvalue weighted by Crippen LogP contribution is 2.18. The van der Waals surface area contributed by atoms with E-state index in [4.69, 9.17) is 0 Å². The van der Waals surface area contributed by atoms with Crippen molar-refractivity contribution < 1.29 is 9.59 Å². The van der Waals surface area contributed by atoms with Gasteiger partial charge in [-0.1, -0.05) is 0 Å². The van der Waals surface area contributed by atoms with E-state index in [0.29, 0.717) is 18.7 Å². The Bertz CT molecular complexity index is 577. The third kappa shape index (κ3) is 4.43. The summed E-state index contributed by atoms with van der Waals surface area (Å²) in [5.41, 5.74) is 0.508. The zero-order chi connectivity index (χ0) is 17.2. The van der Waals surface area contributed by atoms with E-state index in [2.05, 4.69) is 31.1 Å². The molecular weight excluding hydrogens is 292 g/mol. The Morgan fingerprint density at radius 1 is 1.35 bits per heavy atom. The van der Waals surface area contributed by atoms with Crippen LogP contribution in [0.2, 0.25) is 0 Å². The number of nitrogens with zero attached hydrogens (tertiary/aromatic N) is 3. The topological polar surface area (TPSA) is 65.5 Å². The van der Waals surface area contributed by atoms with E-state index in [-0.39, 0.29) is 23.4 Å². The predicted octanol–water partition coefficient (Wildman–Crippen LogP) is 1.98. The van der Waals surface area contributed by atoms with Crippen LogP contribution in [0.25, 0.3) is 0 Å². The normalized spacial score (nSPS) is 18.0. The summed E-state index contributed by atoms with van der Waals surface area (Å²) in [6.07, 6.45) is 2.43. The average Bonchev–Trinajstić information content (AvgIpc) is 2.94. The van der Waals surface area contributed by atoms with Gasteiger partial charge in [-0.25, -0.2) is 4.98 Å². The van der Waals surface area contributed by atoms with Gasteiger partial charge in [0, 0.05) is 38.8 Å². The van der Waals surface area contributed by atoms with Crippen LogP contribution >= 0.6 is 0 Å². The molecular formula is C17H26N4O2. The van der Waals surface area contributed by atoms with Crippen LogP contribution in [0.1, 0.15) is 44.5 Å². The number of hydrogen-bond acceptors (Lipinski definition) is 4. The molecule has 1 aromatic heterocycles. The van der Waals surface area contributed by atoms with Gasteiger partial charge in [-0.2, -0.15) is 0 Å². The second-order valence-electron chi connectivity index (χ2n) is 7.13. The second kappa shape index (κ2) is 6.56. The number of carbonyl (C=O) groups excluding carboxylic acids is 2. The summed E-state index contributed by atoms with van der Waals surface area (Å²) < 4.78 is 0. The number of likely N-dealkylation sites (N-methyl/N-ethyl adjacent to an activating group) is 1. The molecule has 0 saturated carbocycles. The molecule has 0 aromatic carbocycles. The molecule has 1 saturated heterocycles. The van der Waals surface area contributed by atoms with Gasteiger partial charge in [-0.15, -0.1) is 0 Å². The van der Waals surface area contributed by atoms with Crippen LogP contribution in [0.3, 0.4) is 0 Å². The lowest BCUT2D eigenvalue weighted by Gasteiger charge is -2.23. The molecule has 0 aliphatic carbocycles. The molecule has 1 atom stereocenters. The molecule has 2 amide bonds. The number of amides is 2. The lowest BCUT2D eigenvalue weighted by atomic mass is 10.1. The first-order valence-corrected chi connectivity index (χ1v) is 7.94. The smallest absolute Gasteiger partial charge is 0.255 e. The van der Waals surface area contributed by atoms with E-state index in [1.54, 1.807) is 36.0 Å². The SMILES string of the molecule is CC(=O)N(C)[C@H]1CCN(C(=O)c2ccc(NC(C)(C)C)nc2)C1. The van der Waals surface area contributed by atoms with E-state index in [1.807, 2.05) is 6.07 Å².